The predicted octanol–water partition coefficient (Wildman–Crippen LogP) is 3.47. The molecule has 9 nitrogen and oxygen atoms in total. The molecule has 1 atom stereocenters. The second kappa shape index (κ2) is 9.74. The minimum atomic E-state index is -0.769. The van der Waals surface area contributed by atoms with Crippen molar-refractivity contribution in [2.45, 2.75) is 32.2 Å². The summed E-state index contributed by atoms with van der Waals surface area (Å²) in [5, 5.41) is 12.1. The Labute approximate surface area is 218 Å². The van der Waals surface area contributed by atoms with E-state index in [0.717, 1.165) is 22.0 Å². The van der Waals surface area contributed by atoms with E-state index in [0.29, 0.717) is 29.7 Å². The molecule has 0 aliphatic heterocycles. The van der Waals surface area contributed by atoms with E-state index in [1.165, 1.54) is 16.2 Å². The maximum absolute atomic E-state index is 13.9. The molecule has 0 bridgehead atoms. The van der Waals surface area contributed by atoms with Crippen molar-refractivity contribution < 1.29 is 14.6 Å². The molecule has 0 aliphatic rings. The minimum Gasteiger partial charge on any atom is -0.507 e. The molecular weight excluding hydrogens is 484 g/mol. The number of pyridine rings is 1. The van der Waals surface area contributed by atoms with Gasteiger partial charge in [0, 0.05) is 49.4 Å². The average Bonchev–Trinajstić information content (AvgIpc) is 3.42. The van der Waals surface area contributed by atoms with E-state index >= 15 is 0 Å². The van der Waals surface area contributed by atoms with Gasteiger partial charge in [-0.15, -0.1) is 0 Å². The maximum Gasteiger partial charge on any atom is 0.328 e. The molecule has 196 valence electrons. The molecule has 2 N–H and O–H groups in total. The fourth-order valence-corrected chi connectivity index (χ4v) is 5.32. The van der Waals surface area contributed by atoms with Crippen LogP contribution in [0.5, 0.6) is 5.75 Å². The zero-order valence-electron chi connectivity index (χ0n) is 21.8. The first-order valence-electron chi connectivity index (χ1n) is 12.4. The number of fused-ring (bicyclic) bond motifs is 2. The predicted molar refractivity (Wildman–Crippen MR) is 146 cm³/mol. The third kappa shape index (κ3) is 4.19. The molecule has 38 heavy (non-hydrogen) atoms. The topological polar surface area (TPSA) is 111 Å². The zero-order chi connectivity index (χ0) is 27.1. The number of nitrogens with zero attached hydrogens (tertiary/aromatic N) is 3. The number of nitrogens with one attached hydrogen (secondary N) is 1. The summed E-state index contributed by atoms with van der Waals surface area (Å²) in [6.07, 6.45) is 2.41. The van der Waals surface area contributed by atoms with Crippen molar-refractivity contribution in [3.05, 3.63) is 98.0 Å². The number of carbonyl (C=O) groups is 1. The SMILES string of the molecule is COC(=O)C[C@@H](c1ccc2c(c1)n(C)c(=O)n2C)c1c(O)cc(C)n(CCc2c[nH]c3ccccc23)c1=O. The number of hydrogen-bond donors (Lipinski definition) is 2. The van der Waals surface area contributed by atoms with Crippen LogP contribution in [0, 0.1) is 6.92 Å². The third-order valence-corrected chi connectivity index (χ3v) is 7.45. The summed E-state index contributed by atoms with van der Waals surface area (Å²) in [5.41, 5.74) is 4.33. The lowest BCUT2D eigenvalue weighted by Crippen LogP contribution is -2.29. The average molecular weight is 515 g/mol. The third-order valence-electron chi connectivity index (χ3n) is 7.45. The Morgan fingerprint density at radius 1 is 1.05 bits per heavy atom. The zero-order valence-corrected chi connectivity index (χ0v) is 21.8. The Bertz CT molecular complexity index is 1800. The molecule has 5 aromatic rings. The van der Waals surface area contributed by atoms with Crippen LogP contribution < -0.4 is 11.2 Å². The van der Waals surface area contributed by atoms with Crippen molar-refractivity contribution in [3.8, 4) is 5.75 Å². The molecule has 0 amide bonds. The summed E-state index contributed by atoms with van der Waals surface area (Å²) in [7, 11) is 4.65. The summed E-state index contributed by atoms with van der Waals surface area (Å²) in [6, 6.07) is 14.9. The number of rotatable bonds is 7. The van der Waals surface area contributed by atoms with Crippen LogP contribution in [0.3, 0.4) is 0 Å². The van der Waals surface area contributed by atoms with E-state index in [4.69, 9.17) is 4.74 Å². The Kier molecular flexibility index (Phi) is 6.44. The van der Waals surface area contributed by atoms with Crippen molar-refractivity contribution >= 4 is 27.9 Å². The monoisotopic (exact) mass is 514 g/mol. The highest BCUT2D eigenvalue weighted by atomic mass is 16.5. The number of aryl methyl sites for hydroxylation is 4. The van der Waals surface area contributed by atoms with Crippen LogP contribution in [0.15, 0.2) is 64.3 Å². The van der Waals surface area contributed by atoms with Crippen molar-refractivity contribution in [2.75, 3.05) is 7.11 Å². The quantitative estimate of drug-likeness (QED) is 0.323. The van der Waals surface area contributed by atoms with Crippen LogP contribution in [0.1, 0.15) is 34.7 Å². The number of ether oxygens (including phenoxy) is 1. The minimum absolute atomic E-state index is 0.125. The number of para-hydroxylation sites is 1. The molecule has 3 heterocycles. The number of hydrogen-bond acceptors (Lipinski definition) is 5. The normalized spacial score (nSPS) is 12.3. The number of esters is 1. The van der Waals surface area contributed by atoms with Gasteiger partial charge < -0.3 is 19.4 Å². The molecule has 9 heteroatoms. The number of aromatic hydroxyl groups is 1. The molecule has 3 aromatic heterocycles. The highest BCUT2D eigenvalue weighted by molar-refractivity contribution is 5.83. The van der Waals surface area contributed by atoms with E-state index in [9.17, 15) is 19.5 Å². The fourth-order valence-electron chi connectivity index (χ4n) is 5.32. The van der Waals surface area contributed by atoms with Crippen LogP contribution in [-0.2, 0) is 36.6 Å². The number of aromatic nitrogens is 4. The van der Waals surface area contributed by atoms with Gasteiger partial charge in [0.1, 0.15) is 5.75 Å². The molecular formula is C29H30N4O5. The van der Waals surface area contributed by atoms with Gasteiger partial charge >= 0.3 is 11.7 Å². The van der Waals surface area contributed by atoms with Gasteiger partial charge in [-0.1, -0.05) is 24.3 Å². The van der Waals surface area contributed by atoms with Gasteiger partial charge in [-0.3, -0.25) is 18.7 Å². The Balaban J connectivity index is 1.60. The van der Waals surface area contributed by atoms with E-state index in [2.05, 4.69) is 4.98 Å². The van der Waals surface area contributed by atoms with Crippen molar-refractivity contribution in [3.63, 3.8) is 0 Å². The first-order valence-corrected chi connectivity index (χ1v) is 12.4. The molecule has 0 radical (unpaired) electrons. The van der Waals surface area contributed by atoms with Crippen LogP contribution in [0.4, 0.5) is 0 Å². The van der Waals surface area contributed by atoms with Crippen LogP contribution in [0.25, 0.3) is 21.9 Å². The van der Waals surface area contributed by atoms with E-state index in [1.807, 2.05) is 30.5 Å². The van der Waals surface area contributed by atoms with Crippen molar-refractivity contribution in [1.29, 1.82) is 0 Å². The van der Waals surface area contributed by atoms with Gasteiger partial charge in [0.05, 0.1) is 30.1 Å². The van der Waals surface area contributed by atoms with E-state index < -0.39 is 11.9 Å². The maximum atomic E-state index is 13.9. The molecule has 0 spiro atoms. The number of H-pyrrole nitrogens is 1. The molecule has 0 unspecified atom stereocenters. The van der Waals surface area contributed by atoms with Crippen LogP contribution in [-0.4, -0.2) is 36.9 Å². The number of methoxy groups -OCH3 is 1. The summed E-state index contributed by atoms with van der Waals surface area (Å²) >= 11 is 0. The molecule has 0 saturated carbocycles. The first kappa shape index (κ1) is 25.1. The van der Waals surface area contributed by atoms with Gasteiger partial charge in [-0.2, -0.15) is 0 Å². The summed E-state index contributed by atoms with van der Waals surface area (Å²) < 4.78 is 9.63. The largest absolute Gasteiger partial charge is 0.507 e. The molecule has 5 rings (SSSR count). The Morgan fingerprint density at radius 2 is 1.79 bits per heavy atom. The molecule has 2 aromatic carbocycles. The molecule has 0 fully saturated rings. The van der Waals surface area contributed by atoms with E-state index in [1.54, 1.807) is 49.9 Å². The highest BCUT2D eigenvalue weighted by Crippen LogP contribution is 2.34. The van der Waals surface area contributed by atoms with Gasteiger partial charge in [-0.05, 0) is 48.7 Å². The lowest BCUT2D eigenvalue weighted by molar-refractivity contribution is -0.140. The molecule has 0 aliphatic carbocycles. The number of aromatic amines is 1. The van der Waals surface area contributed by atoms with Gasteiger partial charge in [0.2, 0.25) is 0 Å². The number of carbonyl (C=O) groups excluding carboxylic acids is 1. The van der Waals surface area contributed by atoms with Gasteiger partial charge in [0.25, 0.3) is 5.56 Å². The standard InChI is InChI=1S/C29H30N4O5/c1-17-13-25(34)27(28(36)33(17)12-11-19-16-30-22-8-6-5-7-20(19)22)21(15-26(35)38-4)18-9-10-23-24(14-18)32(3)29(37)31(23)2/h5-10,13-14,16,21,30,34H,11-12,15H2,1-4H3/t21-/m0/s1. The van der Waals surface area contributed by atoms with Crippen molar-refractivity contribution in [1.82, 2.24) is 18.7 Å². The second-order valence-electron chi connectivity index (χ2n) is 9.63. The number of imidazole rings is 1. The van der Waals surface area contributed by atoms with Gasteiger partial charge in [0.15, 0.2) is 0 Å². The lowest BCUT2D eigenvalue weighted by Gasteiger charge is -2.21. The molecule has 0 saturated heterocycles. The highest BCUT2D eigenvalue weighted by Gasteiger charge is 2.27. The smallest absolute Gasteiger partial charge is 0.328 e. The lowest BCUT2D eigenvalue weighted by atomic mass is 9.88. The summed E-state index contributed by atoms with van der Waals surface area (Å²) in [6.45, 7) is 2.18. The van der Waals surface area contributed by atoms with Crippen molar-refractivity contribution in [2.24, 2.45) is 14.1 Å². The van der Waals surface area contributed by atoms with E-state index in [-0.39, 0.29) is 29.0 Å². The van der Waals surface area contributed by atoms with Crippen LogP contribution >= 0.6 is 0 Å². The number of benzene rings is 2. The Morgan fingerprint density at radius 3 is 2.55 bits per heavy atom. The summed E-state index contributed by atoms with van der Waals surface area (Å²) in [5.74, 6) is -1.46. The fraction of sp³-hybridized carbons (Fsp3) is 0.276. The first-order chi connectivity index (χ1) is 18.2. The summed E-state index contributed by atoms with van der Waals surface area (Å²) in [4.78, 5) is 42.1. The second-order valence-corrected chi connectivity index (χ2v) is 9.63. The van der Waals surface area contributed by atoms with Gasteiger partial charge in [-0.25, -0.2) is 4.79 Å². The van der Waals surface area contributed by atoms with Crippen LogP contribution in [0.2, 0.25) is 0 Å². The Hall–Kier alpha value is -4.53.